The number of ketones is 1. The fourth-order valence-corrected chi connectivity index (χ4v) is 1.29. The molecule has 3 nitrogen and oxygen atoms in total. The lowest BCUT2D eigenvalue weighted by Crippen LogP contribution is -1.98. The highest BCUT2D eigenvalue weighted by atomic mass is 16.4. The summed E-state index contributed by atoms with van der Waals surface area (Å²) in [4.78, 5) is 21.3. The predicted octanol–water partition coefficient (Wildman–Crippen LogP) is 1.92. The largest absolute Gasteiger partial charge is 0.478 e. The number of carboxylic acid groups (broad SMARTS) is 1. The molecule has 0 saturated heterocycles. The highest BCUT2D eigenvalue weighted by Crippen LogP contribution is 2.11. The van der Waals surface area contributed by atoms with Crippen LogP contribution in [0.5, 0.6) is 0 Å². The Kier molecular flexibility index (Phi) is 3.80. The lowest BCUT2D eigenvalue weighted by Gasteiger charge is -2.02. The molecule has 78 valence electrons. The van der Waals surface area contributed by atoms with Crippen molar-refractivity contribution in [1.82, 2.24) is 0 Å². The van der Waals surface area contributed by atoms with Crippen molar-refractivity contribution in [2.75, 3.05) is 0 Å². The Bertz CT molecular complexity index is 405. The molecule has 15 heavy (non-hydrogen) atoms. The third-order valence-corrected chi connectivity index (χ3v) is 1.90. The van der Waals surface area contributed by atoms with Crippen molar-refractivity contribution in [3.05, 3.63) is 41.5 Å². The first-order valence-electron chi connectivity index (χ1n) is 4.58. The topological polar surface area (TPSA) is 54.4 Å². The van der Waals surface area contributed by atoms with Crippen LogP contribution in [0.1, 0.15) is 18.1 Å². The van der Waals surface area contributed by atoms with Crippen LogP contribution in [-0.4, -0.2) is 16.9 Å². The average Bonchev–Trinajstić information content (AvgIpc) is 2.15. The Labute approximate surface area is 88.0 Å². The van der Waals surface area contributed by atoms with Gasteiger partial charge in [-0.2, -0.15) is 0 Å². The van der Waals surface area contributed by atoms with Crippen LogP contribution in [0.15, 0.2) is 30.3 Å². The monoisotopic (exact) mass is 204 g/mol. The van der Waals surface area contributed by atoms with Crippen LogP contribution in [0.25, 0.3) is 6.08 Å². The first-order chi connectivity index (χ1) is 7.09. The van der Waals surface area contributed by atoms with Gasteiger partial charge in [0.2, 0.25) is 0 Å². The molecule has 0 unspecified atom stereocenters. The number of hydrogen-bond donors (Lipinski definition) is 1. The molecule has 1 aromatic carbocycles. The fraction of sp³-hybridized carbons (Fsp3) is 0.167. The maximum absolute atomic E-state index is 11.0. The highest BCUT2D eigenvalue weighted by Gasteiger charge is 2.01. The number of benzene rings is 1. The Morgan fingerprint density at radius 2 is 2.00 bits per heavy atom. The molecule has 1 rings (SSSR count). The van der Waals surface area contributed by atoms with E-state index in [1.54, 1.807) is 6.07 Å². The Hall–Kier alpha value is -1.90. The van der Waals surface area contributed by atoms with Crippen LogP contribution in [0.4, 0.5) is 0 Å². The van der Waals surface area contributed by atoms with E-state index in [2.05, 4.69) is 0 Å². The first kappa shape index (κ1) is 11.2. The fourth-order valence-electron chi connectivity index (χ4n) is 1.29. The number of Topliss-reactive ketones (excluding diaryl/α,β-unsaturated/α-hetero) is 1. The summed E-state index contributed by atoms with van der Waals surface area (Å²) in [5.41, 5.74) is 1.62. The van der Waals surface area contributed by atoms with E-state index in [9.17, 15) is 9.59 Å². The minimum atomic E-state index is -0.993. The molecule has 0 spiro atoms. The van der Waals surface area contributed by atoms with Gasteiger partial charge in [-0.25, -0.2) is 4.79 Å². The second kappa shape index (κ2) is 5.10. The van der Waals surface area contributed by atoms with E-state index in [0.29, 0.717) is 6.42 Å². The van der Waals surface area contributed by atoms with Crippen LogP contribution in [0.2, 0.25) is 0 Å². The molecule has 1 aromatic rings. The molecule has 0 aliphatic carbocycles. The number of carbonyl (C=O) groups is 2. The number of rotatable bonds is 4. The van der Waals surface area contributed by atoms with Crippen molar-refractivity contribution in [3.8, 4) is 0 Å². The molecule has 0 aliphatic heterocycles. The van der Waals surface area contributed by atoms with Gasteiger partial charge in [-0.05, 0) is 24.1 Å². The van der Waals surface area contributed by atoms with Gasteiger partial charge in [-0.1, -0.05) is 24.3 Å². The van der Waals surface area contributed by atoms with Crippen LogP contribution < -0.4 is 0 Å². The molecule has 0 heterocycles. The van der Waals surface area contributed by atoms with Crippen LogP contribution in [-0.2, 0) is 16.0 Å². The molecule has 0 bridgehead atoms. The summed E-state index contributed by atoms with van der Waals surface area (Å²) in [7, 11) is 0. The summed E-state index contributed by atoms with van der Waals surface area (Å²) >= 11 is 0. The van der Waals surface area contributed by atoms with Gasteiger partial charge in [0, 0.05) is 12.5 Å². The summed E-state index contributed by atoms with van der Waals surface area (Å²) in [5.74, 6) is -0.932. The number of carboxylic acids is 1. The van der Waals surface area contributed by atoms with E-state index in [-0.39, 0.29) is 5.78 Å². The highest BCUT2D eigenvalue weighted by molar-refractivity contribution is 5.86. The lowest BCUT2D eigenvalue weighted by atomic mass is 10.0. The molecule has 0 fully saturated rings. The second-order valence-electron chi connectivity index (χ2n) is 3.25. The van der Waals surface area contributed by atoms with Crippen LogP contribution in [0, 0.1) is 0 Å². The van der Waals surface area contributed by atoms with E-state index in [0.717, 1.165) is 17.2 Å². The molecule has 1 N–H and O–H groups in total. The average molecular weight is 204 g/mol. The maximum atomic E-state index is 11.0. The summed E-state index contributed by atoms with van der Waals surface area (Å²) < 4.78 is 0. The van der Waals surface area contributed by atoms with Crippen molar-refractivity contribution in [3.63, 3.8) is 0 Å². The standard InChI is InChI=1S/C12H12O3/c1-9(13)8-11-5-3-2-4-10(11)6-7-12(14)15/h2-7H,8H2,1H3,(H,14,15). The van der Waals surface area contributed by atoms with Crippen molar-refractivity contribution >= 4 is 17.8 Å². The minimum Gasteiger partial charge on any atom is -0.478 e. The van der Waals surface area contributed by atoms with E-state index >= 15 is 0 Å². The van der Waals surface area contributed by atoms with Gasteiger partial charge in [0.15, 0.2) is 0 Å². The number of aliphatic carboxylic acids is 1. The Balaban J connectivity index is 2.95. The molecule has 0 aromatic heterocycles. The van der Waals surface area contributed by atoms with Gasteiger partial charge in [-0.3, -0.25) is 4.79 Å². The zero-order chi connectivity index (χ0) is 11.3. The smallest absolute Gasteiger partial charge is 0.328 e. The summed E-state index contributed by atoms with van der Waals surface area (Å²) in [5, 5.41) is 8.49. The molecule has 0 amide bonds. The molecule has 0 saturated carbocycles. The third kappa shape index (κ3) is 3.77. The quantitative estimate of drug-likeness (QED) is 0.762. The van der Waals surface area contributed by atoms with E-state index in [4.69, 9.17) is 5.11 Å². The van der Waals surface area contributed by atoms with Gasteiger partial charge in [-0.15, -0.1) is 0 Å². The minimum absolute atomic E-state index is 0.0613. The summed E-state index contributed by atoms with van der Waals surface area (Å²) in [6.07, 6.45) is 2.90. The van der Waals surface area contributed by atoms with Crippen molar-refractivity contribution in [2.24, 2.45) is 0 Å². The second-order valence-corrected chi connectivity index (χ2v) is 3.25. The molecule has 0 atom stereocenters. The van der Waals surface area contributed by atoms with Gasteiger partial charge in [0.1, 0.15) is 5.78 Å². The van der Waals surface area contributed by atoms with Gasteiger partial charge in [0.25, 0.3) is 0 Å². The summed E-state index contributed by atoms with van der Waals surface area (Å²) in [6, 6.07) is 7.25. The molecular weight excluding hydrogens is 192 g/mol. The Morgan fingerprint density at radius 3 is 2.60 bits per heavy atom. The van der Waals surface area contributed by atoms with Gasteiger partial charge < -0.3 is 5.11 Å². The van der Waals surface area contributed by atoms with Crippen LogP contribution in [0.3, 0.4) is 0 Å². The summed E-state index contributed by atoms with van der Waals surface area (Å²) in [6.45, 7) is 1.51. The zero-order valence-corrected chi connectivity index (χ0v) is 8.43. The molecule has 0 aliphatic rings. The van der Waals surface area contributed by atoms with Gasteiger partial charge in [0.05, 0.1) is 0 Å². The first-order valence-corrected chi connectivity index (χ1v) is 4.58. The van der Waals surface area contributed by atoms with E-state index in [1.165, 1.54) is 13.0 Å². The van der Waals surface area contributed by atoms with Gasteiger partial charge >= 0.3 is 5.97 Å². The normalized spacial score (nSPS) is 10.5. The molecule has 0 radical (unpaired) electrons. The van der Waals surface area contributed by atoms with E-state index < -0.39 is 5.97 Å². The molecule has 3 heteroatoms. The maximum Gasteiger partial charge on any atom is 0.328 e. The SMILES string of the molecule is CC(=O)Cc1ccccc1C=CC(=O)O. The Morgan fingerprint density at radius 1 is 1.33 bits per heavy atom. The number of hydrogen-bond acceptors (Lipinski definition) is 2. The van der Waals surface area contributed by atoms with Crippen molar-refractivity contribution < 1.29 is 14.7 Å². The zero-order valence-electron chi connectivity index (χ0n) is 8.43. The van der Waals surface area contributed by atoms with Crippen molar-refractivity contribution in [1.29, 1.82) is 0 Å². The molecular formula is C12H12O3. The van der Waals surface area contributed by atoms with E-state index in [1.807, 2.05) is 18.2 Å². The third-order valence-electron chi connectivity index (χ3n) is 1.90. The van der Waals surface area contributed by atoms with Crippen molar-refractivity contribution in [2.45, 2.75) is 13.3 Å². The predicted molar refractivity (Wildman–Crippen MR) is 57.5 cm³/mol. The lowest BCUT2D eigenvalue weighted by molar-refractivity contribution is -0.131. The van der Waals surface area contributed by atoms with Crippen LogP contribution >= 0.6 is 0 Å². The number of carbonyl (C=O) groups excluding carboxylic acids is 1.